The molecule has 23 heavy (non-hydrogen) atoms. The van der Waals surface area contributed by atoms with Gasteiger partial charge in [0.15, 0.2) is 0 Å². The zero-order valence-electron chi connectivity index (χ0n) is 15.3. The number of hydrogen-bond acceptors (Lipinski definition) is 2. The van der Waals surface area contributed by atoms with Crippen molar-refractivity contribution in [3.8, 4) is 0 Å². The van der Waals surface area contributed by atoms with Crippen molar-refractivity contribution in [2.75, 3.05) is 0 Å². The molecule has 130 valence electrons. The highest BCUT2D eigenvalue weighted by molar-refractivity contribution is 5.75. The number of nitrogens with one attached hydrogen (secondary N) is 2. The van der Waals surface area contributed by atoms with Gasteiger partial charge >= 0.3 is 0 Å². The number of carbonyl (C=O) groups is 1. The summed E-state index contributed by atoms with van der Waals surface area (Å²) in [6.07, 6.45) is 5.29. The molecule has 0 radical (unpaired) electrons. The Kier molecular flexibility index (Phi) is 9.61. The van der Waals surface area contributed by atoms with E-state index in [1.165, 1.54) is 24.0 Å². The van der Waals surface area contributed by atoms with Crippen LogP contribution in [-0.2, 0) is 17.9 Å². The highest BCUT2D eigenvalue weighted by atomic mass is 16.1. The predicted molar refractivity (Wildman–Crippen MR) is 98.2 cm³/mol. The fraction of sp³-hybridized carbons (Fsp3) is 0.650. The van der Waals surface area contributed by atoms with Crippen molar-refractivity contribution in [3.63, 3.8) is 0 Å². The summed E-state index contributed by atoms with van der Waals surface area (Å²) in [5, 5.41) is 6.45. The average Bonchev–Trinajstić information content (AvgIpc) is 2.50. The summed E-state index contributed by atoms with van der Waals surface area (Å²) in [5.41, 5.74) is 2.43. The zero-order chi connectivity index (χ0) is 17.1. The summed E-state index contributed by atoms with van der Waals surface area (Å²) >= 11 is 0. The van der Waals surface area contributed by atoms with Crippen molar-refractivity contribution >= 4 is 5.91 Å². The van der Waals surface area contributed by atoms with Gasteiger partial charge in [0.25, 0.3) is 0 Å². The molecule has 0 saturated carbocycles. The second kappa shape index (κ2) is 11.2. The Morgan fingerprint density at radius 3 is 2.35 bits per heavy atom. The van der Waals surface area contributed by atoms with Gasteiger partial charge in [-0.2, -0.15) is 0 Å². The van der Waals surface area contributed by atoms with Gasteiger partial charge in [-0.1, -0.05) is 71.2 Å². The van der Waals surface area contributed by atoms with E-state index in [0.717, 1.165) is 25.3 Å². The second-order valence-electron chi connectivity index (χ2n) is 7.13. The third kappa shape index (κ3) is 10.1. The van der Waals surface area contributed by atoms with Gasteiger partial charge in [-0.05, 0) is 23.5 Å². The van der Waals surface area contributed by atoms with Gasteiger partial charge in [0.05, 0.1) is 0 Å². The third-order valence-electron chi connectivity index (χ3n) is 3.88. The van der Waals surface area contributed by atoms with Gasteiger partial charge in [-0.25, -0.2) is 0 Å². The summed E-state index contributed by atoms with van der Waals surface area (Å²) in [6, 6.07) is 8.90. The molecule has 3 nitrogen and oxygen atoms in total. The zero-order valence-corrected chi connectivity index (χ0v) is 15.3. The fourth-order valence-electron chi connectivity index (χ4n) is 2.48. The monoisotopic (exact) mass is 318 g/mol. The molecule has 1 rings (SSSR count). The Hall–Kier alpha value is -1.35. The van der Waals surface area contributed by atoms with Gasteiger partial charge in [-0.3, -0.25) is 4.79 Å². The first-order valence-corrected chi connectivity index (χ1v) is 9.05. The quantitative estimate of drug-likeness (QED) is 0.593. The normalized spacial score (nSPS) is 11.2. The van der Waals surface area contributed by atoms with Crippen LogP contribution in [0, 0.1) is 5.92 Å². The maximum atomic E-state index is 11.9. The third-order valence-corrected chi connectivity index (χ3v) is 3.88. The molecular formula is C20H34N2O. The molecule has 0 aliphatic rings. The average molecular weight is 319 g/mol. The fourth-order valence-corrected chi connectivity index (χ4v) is 2.48. The predicted octanol–water partition coefficient (Wildman–Crippen LogP) is 4.41. The first-order valence-electron chi connectivity index (χ1n) is 9.05. The molecule has 0 aromatic heterocycles. The van der Waals surface area contributed by atoms with E-state index >= 15 is 0 Å². The standard InChI is InChI=1S/C20H34N2O/c1-16(2)9-6-5-7-12-20(23)22-15-19-11-8-10-18(13-19)14-21-17(3)4/h8,10-11,13,16-17,21H,5-7,9,12,14-15H2,1-4H3,(H,22,23). The van der Waals surface area contributed by atoms with E-state index in [9.17, 15) is 4.79 Å². The van der Waals surface area contributed by atoms with Gasteiger partial charge in [0, 0.05) is 25.6 Å². The highest BCUT2D eigenvalue weighted by Crippen LogP contribution is 2.10. The molecule has 1 aromatic rings. The lowest BCUT2D eigenvalue weighted by molar-refractivity contribution is -0.121. The Labute approximate surface area is 142 Å². The highest BCUT2D eigenvalue weighted by Gasteiger charge is 2.03. The largest absolute Gasteiger partial charge is 0.352 e. The second-order valence-corrected chi connectivity index (χ2v) is 7.13. The minimum absolute atomic E-state index is 0.167. The number of rotatable bonds is 11. The van der Waals surface area contributed by atoms with Crippen LogP contribution in [0.3, 0.4) is 0 Å². The molecular weight excluding hydrogens is 284 g/mol. The van der Waals surface area contributed by atoms with Gasteiger partial charge < -0.3 is 10.6 Å². The smallest absolute Gasteiger partial charge is 0.220 e. The molecule has 0 aliphatic carbocycles. The van der Waals surface area contributed by atoms with E-state index in [1.54, 1.807) is 0 Å². The van der Waals surface area contributed by atoms with Crippen LogP contribution in [-0.4, -0.2) is 11.9 Å². The molecule has 3 heteroatoms. The molecule has 0 saturated heterocycles. The van der Waals surface area contributed by atoms with E-state index in [1.807, 2.05) is 0 Å². The topological polar surface area (TPSA) is 41.1 Å². The van der Waals surface area contributed by atoms with Crippen molar-refractivity contribution < 1.29 is 4.79 Å². The molecule has 0 aliphatic heterocycles. The first-order chi connectivity index (χ1) is 11.0. The first kappa shape index (κ1) is 19.7. The lowest BCUT2D eigenvalue weighted by Gasteiger charge is -2.10. The Bertz CT molecular complexity index is 455. The van der Waals surface area contributed by atoms with Crippen LogP contribution in [0.15, 0.2) is 24.3 Å². The Morgan fingerprint density at radius 1 is 1.00 bits per heavy atom. The molecule has 0 bridgehead atoms. The molecule has 0 spiro atoms. The molecule has 1 amide bonds. The van der Waals surface area contributed by atoms with Crippen LogP contribution in [0.2, 0.25) is 0 Å². The van der Waals surface area contributed by atoms with E-state index in [2.05, 4.69) is 62.6 Å². The molecule has 0 unspecified atom stereocenters. The van der Waals surface area contributed by atoms with Gasteiger partial charge in [0.1, 0.15) is 0 Å². The number of carbonyl (C=O) groups excluding carboxylic acids is 1. The van der Waals surface area contributed by atoms with Gasteiger partial charge in [-0.15, -0.1) is 0 Å². The maximum Gasteiger partial charge on any atom is 0.220 e. The molecule has 1 aromatic carbocycles. The van der Waals surface area contributed by atoms with Crippen LogP contribution in [0.1, 0.15) is 70.9 Å². The van der Waals surface area contributed by atoms with Crippen LogP contribution in [0.5, 0.6) is 0 Å². The van der Waals surface area contributed by atoms with Crippen LogP contribution < -0.4 is 10.6 Å². The van der Waals surface area contributed by atoms with Crippen LogP contribution in [0.25, 0.3) is 0 Å². The minimum Gasteiger partial charge on any atom is -0.352 e. The number of unbranched alkanes of at least 4 members (excludes halogenated alkanes) is 2. The van der Waals surface area contributed by atoms with Crippen molar-refractivity contribution in [2.45, 2.75) is 78.9 Å². The summed E-state index contributed by atoms with van der Waals surface area (Å²) in [4.78, 5) is 11.9. The van der Waals surface area contributed by atoms with Crippen molar-refractivity contribution in [1.82, 2.24) is 10.6 Å². The molecule has 0 atom stereocenters. The molecule has 0 fully saturated rings. The van der Waals surface area contributed by atoms with Gasteiger partial charge in [0.2, 0.25) is 5.91 Å². The van der Waals surface area contributed by atoms with Crippen molar-refractivity contribution in [2.24, 2.45) is 5.92 Å². The lowest BCUT2D eigenvalue weighted by Crippen LogP contribution is -2.23. The summed E-state index contributed by atoms with van der Waals surface area (Å²) in [7, 11) is 0. The summed E-state index contributed by atoms with van der Waals surface area (Å²) in [6.45, 7) is 10.3. The minimum atomic E-state index is 0.167. The van der Waals surface area contributed by atoms with Crippen molar-refractivity contribution in [3.05, 3.63) is 35.4 Å². The number of amides is 1. The Balaban J connectivity index is 2.23. The Morgan fingerprint density at radius 2 is 1.70 bits per heavy atom. The number of hydrogen-bond donors (Lipinski definition) is 2. The summed E-state index contributed by atoms with van der Waals surface area (Å²) < 4.78 is 0. The van der Waals surface area contributed by atoms with Crippen molar-refractivity contribution in [1.29, 1.82) is 0 Å². The SMILES string of the molecule is CC(C)CCCCCC(=O)NCc1cccc(CNC(C)C)c1. The number of benzene rings is 1. The van der Waals surface area contributed by atoms with E-state index in [-0.39, 0.29) is 5.91 Å². The van der Waals surface area contributed by atoms with E-state index < -0.39 is 0 Å². The van der Waals surface area contributed by atoms with Crippen LogP contribution >= 0.6 is 0 Å². The van der Waals surface area contributed by atoms with E-state index in [4.69, 9.17) is 0 Å². The maximum absolute atomic E-state index is 11.9. The lowest BCUT2D eigenvalue weighted by atomic mass is 10.0. The van der Waals surface area contributed by atoms with Crippen LogP contribution in [0.4, 0.5) is 0 Å². The van der Waals surface area contributed by atoms with E-state index in [0.29, 0.717) is 19.0 Å². The summed E-state index contributed by atoms with van der Waals surface area (Å²) in [5.74, 6) is 0.932. The molecule has 0 heterocycles. The molecule has 2 N–H and O–H groups in total.